The van der Waals surface area contributed by atoms with Gasteiger partial charge in [-0.1, -0.05) is 41.4 Å². The molecule has 1 unspecified atom stereocenters. The number of hydrogen-bond acceptors (Lipinski definition) is 3. The van der Waals surface area contributed by atoms with Crippen molar-refractivity contribution in [2.75, 3.05) is 13.6 Å². The zero-order chi connectivity index (χ0) is 14.5. The van der Waals surface area contributed by atoms with Crippen molar-refractivity contribution in [1.82, 2.24) is 4.90 Å². The Hall–Kier alpha value is -0.870. The van der Waals surface area contributed by atoms with Gasteiger partial charge in [0.05, 0.1) is 10.4 Å². The van der Waals surface area contributed by atoms with Crippen molar-refractivity contribution in [1.29, 1.82) is 0 Å². The Balaban J connectivity index is 1.80. The summed E-state index contributed by atoms with van der Waals surface area (Å²) in [6.07, 6.45) is 0.337. The fourth-order valence-electron chi connectivity index (χ4n) is 2.08. The van der Waals surface area contributed by atoms with E-state index < -0.39 is 6.10 Å². The molecule has 0 spiro atoms. The van der Waals surface area contributed by atoms with E-state index in [4.69, 9.17) is 11.6 Å². The number of thiophene rings is 1. The van der Waals surface area contributed by atoms with Crippen molar-refractivity contribution in [3.63, 3.8) is 0 Å². The van der Waals surface area contributed by atoms with Crippen LogP contribution in [0.15, 0.2) is 36.4 Å². The Morgan fingerprint density at radius 1 is 1.20 bits per heavy atom. The highest BCUT2D eigenvalue weighted by Crippen LogP contribution is 2.23. The van der Waals surface area contributed by atoms with Crippen LogP contribution >= 0.6 is 22.9 Å². The summed E-state index contributed by atoms with van der Waals surface area (Å²) in [5.41, 5.74) is 2.20. The molecule has 1 N–H and O–H groups in total. The maximum absolute atomic E-state index is 10.2. The van der Waals surface area contributed by atoms with E-state index >= 15 is 0 Å². The summed E-state index contributed by atoms with van der Waals surface area (Å²) < 4.78 is 0.827. The van der Waals surface area contributed by atoms with Gasteiger partial charge in [0.2, 0.25) is 0 Å². The molecule has 0 radical (unpaired) electrons. The molecule has 0 aliphatic rings. The van der Waals surface area contributed by atoms with Gasteiger partial charge < -0.3 is 10.0 Å². The Labute approximate surface area is 129 Å². The van der Waals surface area contributed by atoms with Crippen LogP contribution in [-0.2, 0) is 6.54 Å². The van der Waals surface area contributed by atoms with Gasteiger partial charge in [-0.05, 0) is 38.1 Å². The van der Waals surface area contributed by atoms with Crippen LogP contribution in [0.3, 0.4) is 0 Å². The summed E-state index contributed by atoms with van der Waals surface area (Å²) >= 11 is 7.53. The van der Waals surface area contributed by atoms with Gasteiger partial charge >= 0.3 is 0 Å². The van der Waals surface area contributed by atoms with E-state index in [1.54, 1.807) is 11.3 Å². The maximum Gasteiger partial charge on any atom is 0.0931 e. The van der Waals surface area contributed by atoms with Gasteiger partial charge in [-0.25, -0.2) is 0 Å². The second kappa shape index (κ2) is 7.23. The van der Waals surface area contributed by atoms with Crippen molar-refractivity contribution < 1.29 is 5.11 Å². The standard InChI is InChI=1S/C16H20ClNOS/c1-12-3-5-13(6-4-12)15(19)9-10-18(2)11-14-7-8-16(17)20-14/h3-8,15,19H,9-11H2,1-2H3. The number of aryl methyl sites for hydroxylation is 1. The van der Waals surface area contributed by atoms with Gasteiger partial charge in [-0.15, -0.1) is 11.3 Å². The van der Waals surface area contributed by atoms with E-state index in [1.807, 2.05) is 30.3 Å². The smallest absolute Gasteiger partial charge is 0.0931 e. The van der Waals surface area contributed by atoms with E-state index in [1.165, 1.54) is 10.4 Å². The largest absolute Gasteiger partial charge is 0.388 e. The summed E-state index contributed by atoms with van der Waals surface area (Å²) in [5, 5.41) is 10.2. The first-order chi connectivity index (χ1) is 9.54. The number of nitrogens with zero attached hydrogens (tertiary/aromatic N) is 1. The number of hydrogen-bond donors (Lipinski definition) is 1. The molecule has 0 aliphatic heterocycles. The summed E-state index contributed by atoms with van der Waals surface area (Å²) in [6.45, 7) is 3.78. The molecule has 0 bridgehead atoms. The van der Waals surface area contributed by atoms with Crippen molar-refractivity contribution in [3.05, 3.63) is 56.7 Å². The molecule has 0 saturated carbocycles. The van der Waals surface area contributed by atoms with E-state index in [9.17, 15) is 5.11 Å². The Morgan fingerprint density at radius 2 is 1.90 bits per heavy atom. The van der Waals surface area contributed by atoms with E-state index in [0.717, 1.165) is 29.4 Å². The first kappa shape index (κ1) is 15.5. The quantitative estimate of drug-likeness (QED) is 0.861. The molecule has 1 aromatic heterocycles. The highest BCUT2D eigenvalue weighted by atomic mass is 35.5. The van der Waals surface area contributed by atoms with Gasteiger partial charge in [0.15, 0.2) is 0 Å². The highest BCUT2D eigenvalue weighted by molar-refractivity contribution is 7.16. The number of aliphatic hydroxyl groups excluding tert-OH is 1. The third-order valence-corrected chi connectivity index (χ3v) is 4.52. The minimum atomic E-state index is -0.398. The monoisotopic (exact) mass is 309 g/mol. The molecule has 0 amide bonds. The number of rotatable bonds is 6. The normalized spacial score (nSPS) is 12.8. The fraction of sp³-hybridized carbons (Fsp3) is 0.375. The summed E-state index contributed by atoms with van der Waals surface area (Å²) in [5.74, 6) is 0. The Morgan fingerprint density at radius 3 is 2.50 bits per heavy atom. The van der Waals surface area contributed by atoms with E-state index in [2.05, 4.69) is 24.9 Å². The number of halogens is 1. The molecule has 0 fully saturated rings. The van der Waals surface area contributed by atoms with E-state index in [-0.39, 0.29) is 0 Å². The number of benzene rings is 1. The predicted molar refractivity (Wildman–Crippen MR) is 86.4 cm³/mol. The van der Waals surface area contributed by atoms with Crippen molar-refractivity contribution in [2.24, 2.45) is 0 Å². The van der Waals surface area contributed by atoms with Crippen LogP contribution in [0.1, 0.15) is 28.5 Å². The molecule has 2 nitrogen and oxygen atoms in total. The summed E-state index contributed by atoms with van der Waals surface area (Å²) in [4.78, 5) is 3.46. The van der Waals surface area contributed by atoms with Gasteiger partial charge in [0.1, 0.15) is 0 Å². The minimum absolute atomic E-state index is 0.398. The van der Waals surface area contributed by atoms with Crippen LogP contribution in [0.25, 0.3) is 0 Å². The van der Waals surface area contributed by atoms with Crippen LogP contribution in [0.5, 0.6) is 0 Å². The molecule has 20 heavy (non-hydrogen) atoms. The third kappa shape index (κ3) is 4.60. The van der Waals surface area contributed by atoms with Crippen LogP contribution in [0, 0.1) is 6.92 Å². The predicted octanol–water partition coefficient (Wildman–Crippen LogP) is 4.27. The second-order valence-corrected chi connectivity index (χ2v) is 6.96. The summed E-state index contributed by atoms with van der Waals surface area (Å²) in [7, 11) is 2.06. The zero-order valence-corrected chi connectivity index (χ0v) is 13.4. The molecule has 1 heterocycles. The first-order valence-corrected chi connectivity index (χ1v) is 7.91. The van der Waals surface area contributed by atoms with Crippen LogP contribution < -0.4 is 0 Å². The lowest BCUT2D eigenvalue weighted by Gasteiger charge is -2.18. The molecule has 2 aromatic rings. The molecule has 4 heteroatoms. The fourth-order valence-corrected chi connectivity index (χ4v) is 3.25. The van der Waals surface area contributed by atoms with Gasteiger partial charge in [-0.3, -0.25) is 0 Å². The van der Waals surface area contributed by atoms with Crippen LogP contribution in [0.2, 0.25) is 4.34 Å². The molecule has 1 atom stereocenters. The second-order valence-electron chi connectivity index (χ2n) is 5.16. The molecular weight excluding hydrogens is 290 g/mol. The molecule has 1 aromatic carbocycles. The lowest BCUT2D eigenvalue weighted by molar-refractivity contribution is 0.148. The van der Waals surface area contributed by atoms with Gasteiger partial charge in [0, 0.05) is 18.0 Å². The number of aliphatic hydroxyl groups is 1. The van der Waals surface area contributed by atoms with Gasteiger partial charge in [0.25, 0.3) is 0 Å². The molecule has 0 saturated heterocycles. The first-order valence-electron chi connectivity index (χ1n) is 6.72. The maximum atomic E-state index is 10.2. The Bertz CT molecular complexity index is 538. The molecule has 2 rings (SSSR count). The molecule has 108 valence electrons. The zero-order valence-electron chi connectivity index (χ0n) is 11.8. The van der Waals surface area contributed by atoms with Crippen molar-refractivity contribution in [3.8, 4) is 0 Å². The summed E-state index contributed by atoms with van der Waals surface area (Å²) in [6, 6.07) is 12.1. The minimum Gasteiger partial charge on any atom is -0.388 e. The average Bonchev–Trinajstić information content (AvgIpc) is 2.82. The van der Waals surface area contributed by atoms with Gasteiger partial charge in [-0.2, -0.15) is 0 Å². The van der Waals surface area contributed by atoms with E-state index in [0.29, 0.717) is 0 Å². The Kier molecular flexibility index (Phi) is 5.61. The molecule has 0 aliphatic carbocycles. The average molecular weight is 310 g/mol. The van der Waals surface area contributed by atoms with Crippen molar-refractivity contribution >= 4 is 22.9 Å². The van der Waals surface area contributed by atoms with Crippen LogP contribution in [0.4, 0.5) is 0 Å². The van der Waals surface area contributed by atoms with Crippen molar-refractivity contribution in [2.45, 2.75) is 26.0 Å². The SMILES string of the molecule is Cc1ccc(C(O)CCN(C)Cc2ccc(Cl)s2)cc1. The highest BCUT2D eigenvalue weighted by Gasteiger charge is 2.09. The third-order valence-electron chi connectivity index (χ3n) is 3.30. The van der Waals surface area contributed by atoms with Crippen LogP contribution in [-0.4, -0.2) is 23.6 Å². The molecular formula is C16H20ClNOS. The lowest BCUT2D eigenvalue weighted by atomic mass is 10.0. The topological polar surface area (TPSA) is 23.5 Å². The lowest BCUT2D eigenvalue weighted by Crippen LogP contribution is -2.20.